The van der Waals surface area contributed by atoms with Crippen molar-refractivity contribution in [2.75, 3.05) is 24.5 Å². The number of anilines is 1. The van der Waals surface area contributed by atoms with Crippen LogP contribution in [-0.4, -0.2) is 29.6 Å². The lowest BCUT2D eigenvalue weighted by atomic mass is 10.2. The van der Waals surface area contributed by atoms with Crippen LogP contribution in [0.25, 0.3) is 0 Å². The zero-order chi connectivity index (χ0) is 12.5. The minimum absolute atomic E-state index is 0.664. The highest BCUT2D eigenvalue weighted by Gasteiger charge is 2.07. The second-order valence-corrected chi connectivity index (χ2v) is 4.25. The third-order valence-corrected chi connectivity index (χ3v) is 2.72. The van der Waals surface area contributed by atoms with Gasteiger partial charge in [0.25, 0.3) is 0 Å². The molecular formula is C13H24N4. The average Bonchev–Trinajstić information content (AvgIpc) is 2.35. The van der Waals surface area contributed by atoms with Crippen molar-refractivity contribution in [2.45, 2.75) is 39.5 Å². The maximum atomic E-state index is 5.65. The molecule has 1 aromatic rings. The number of aromatic nitrogens is 2. The highest BCUT2D eigenvalue weighted by molar-refractivity contribution is 5.38. The molecule has 1 heterocycles. The minimum atomic E-state index is 0.664. The molecule has 1 aromatic heterocycles. The maximum Gasteiger partial charge on any atom is 0.132 e. The van der Waals surface area contributed by atoms with Crippen LogP contribution in [-0.2, 0) is 6.42 Å². The summed E-state index contributed by atoms with van der Waals surface area (Å²) >= 11 is 0. The van der Waals surface area contributed by atoms with E-state index in [1.807, 2.05) is 0 Å². The van der Waals surface area contributed by atoms with Crippen molar-refractivity contribution in [3.8, 4) is 0 Å². The molecule has 4 nitrogen and oxygen atoms in total. The van der Waals surface area contributed by atoms with E-state index in [9.17, 15) is 0 Å². The van der Waals surface area contributed by atoms with E-state index >= 15 is 0 Å². The molecule has 0 fully saturated rings. The Bertz CT molecular complexity index is 314. The first-order valence-corrected chi connectivity index (χ1v) is 6.57. The monoisotopic (exact) mass is 236 g/mol. The minimum Gasteiger partial charge on any atom is -0.355 e. The maximum absolute atomic E-state index is 5.65. The normalized spacial score (nSPS) is 10.5. The number of hydrogen-bond acceptors (Lipinski definition) is 4. The van der Waals surface area contributed by atoms with Crippen LogP contribution in [0.3, 0.4) is 0 Å². The van der Waals surface area contributed by atoms with E-state index in [4.69, 9.17) is 5.73 Å². The Kier molecular flexibility index (Phi) is 6.55. The number of nitrogens with zero attached hydrogens (tertiary/aromatic N) is 3. The first-order chi connectivity index (χ1) is 8.31. The van der Waals surface area contributed by atoms with Gasteiger partial charge in [0.1, 0.15) is 12.1 Å². The summed E-state index contributed by atoms with van der Waals surface area (Å²) in [6.07, 6.45) is 6.15. The molecule has 17 heavy (non-hydrogen) atoms. The highest BCUT2D eigenvalue weighted by Crippen LogP contribution is 2.12. The van der Waals surface area contributed by atoms with Crippen molar-refractivity contribution in [1.29, 1.82) is 0 Å². The van der Waals surface area contributed by atoms with Gasteiger partial charge in [0.05, 0.1) is 0 Å². The molecule has 0 aliphatic carbocycles. The van der Waals surface area contributed by atoms with Gasteiger partial charge in [0.2, 0.25) is 0 Å². The number of unbranched alkanes of at least 4 members (excludes halogenated alkanes) is 1. The van der Waals surface area contributed by atoms with Gasteiger partial charge in [-0.15, -0.1) is 0 Å². The lowest BCUT2D eigenvalue weighted by molar-refractivity contribution is 0.704. The van der Waals surface area contributed by atoms with Crippen molar-refractivity contribution in [2.24, 2.45) is 5.73 Å². The van der Waals surface area contributed by atoms with E-state index < -0.39 is 0 Å². The van der Waals surface area contributed by atoms with Crippen LogP contribution in [0.1, 0.15) is 38.8 Å². The fourth-order valence-electron chi connectivity index (χ4n) is 1.80. The lowest BCUT2D eigenvalue weighted by Gasteiger charge is -2.23. The van der Waals surface area contributed by atoms with Crippen LogP contribution in [0.15, 0.2) is 12.4 Å². The lowest BCUT2D eigenvalue weighted by Crippen LogP contribution is -2.31. The Labute approximate surface area is 104 Å². The molecule has 0 radical (unpaired) electrons. The van der Waals surface area contributed by atoms with Crippen molar-refractivity contribution in [3.63, 3.8) is 0 Å². The fraction of sp³-hybridized carbons (Fsp3) is 0.692. The highest BCUT2D eigenvalue weighted by atomic mass is 15.2. The molecule has 0 bridgehead atoms. The van der Waals surface area contributed by atoms with Crippen LogP contribution in [0.2, 0.25) is 0 Å². The van der Waals surface area contributed by atoms with E-state index in [-0.39, 0.29) is 0 Å². The third kappa shape index (κ3) is 4.69. The first-order valence-electron chi connectivity index (χ1n) is 6.57. The van der Waals surface area contributed by atoms with Crippen LogP contribution < -0.4 is 10.6 Å². The smallest absolute Gasteiger partial charge is 0.132 e. The molecule has 0 amide bonds. The van der Waals surface area contributed by atoms with Crippen molar-refractivity contribution >= 4 is 5.82 Å². The zero-order valence-corrected chi connectivity index (χ0v) is 11.0. The van der Waals surface area contributed by atoms with Gasteiger partial charge in [-0.1, -0.05) is 26.7 Å². The molecule has 1 rings (SSSR count). The van der Waals surface area contributed by atoms with E-state index in [2.05, 4.69) is 34.8 Å². The van der Waals surface area contributed by atoms with Crippen LogP contribution >= 0.6 is 0 Å². The molecule has 0 spiro atoms. The Morgan fingerprint density at radius 3 is 2.65 bits per heavy atom. The summed E-state index contributed by atoms with van der Waals surface area (Å²) in [6, 6.07) is 2.09. The summed E-state index contributed by atoms with van der Waals surface area (Å²) < 4.78 is 0. The number of rotatable bonds is 8. The SMILES string of the molecule is CCCCN(CCN)c1cc(CCC)ncn1. The summed E-state index contributed by atoms with van der Waals surface area (Å²) in [4.78, 5) is 10.9. The Morgan fingerprint density at radius 2 is 2.00 bits per heavy atom. The summed E-state index contributed by atoms with van der Waals surface area (Å²) in [5.74, 6) is 1.02. The summed E-state index contributed by atoms with van der Waals surface area (Å²) in [6.45, 7) is 6.91. The topological polar surface area (TPSA) is 55.0 Å². The standard InChI is InChI=1S/C13H24N4/c1-3-5-8-17(9-7-14)13-10-12(6-4-2)15-11-16-13/h10-11H,3-9,14H2,1-2H3. The number of nitrogens with two attached hydrogens (primary N) is 1. The molecule has 0 saturated carbocycles. The molecule has 0 atom stereocenters. The van der Waals surface area contributed by atoms with Crippen molar-refractivity contribution < 1.29 is 0 Å². The van der Waals surface area contributed by atoms with Gasteiger partial charge in [0.15, 0.2) is 0 Å². The molecule has 2 N–H and O–H groups in total. The van der Waals surface area contributed by atoms with E-state index in [1.165, 1.54) is 12.8 Å². The molecule has 0 aliphatic heterocycles. The van der Waals surface area contributed by atoms with Gasteiger partial charge in [-0.3, -0.25) is 0 Å². The average molecular weight is 236 g/mol. The zero-order valence-electron chi connectivity index (χ0n) is 11.0. The van der Waals surface area contributed by atoms with E-state index in [0.29, 0.717) is 6.54 Å². The molecule has 0 aliphatic rings. The molecule has 0 unspecified atom stereocenters. The van der Waals surface area contributed by atoms with Gasteiger partial charge >= 0.3 is 0 Å². The van der Waals surface area contributed by atoms with Gasteiger partial charge in [-0.25, -0.2) is 9.97 Å². The Hall–Kier alpha value is -1.16. The predicted octanol–water partition coefficient (Wildman–Crippen LogP) is 1.99. The molecular weight excluding hydrogens is 212 g/mol. The van der Waals surface area contributed by atoms with Gasteiger partial charge in [-0.2, -0.15) is 0 Å². The van der Waals surface area contributed by atoms with Crippen LogP contribution in [0.4, 0.5) is 5.82 Å². The number of aryl methyl sites for hydroxylation is 1. The number of hydrogen-bond donors (Lipinski definition) is 1. The molecule has 4 heteroatoms. The van der Waals surface area contributed by atoms with Gasteiger partial charge in [-0.05, 0) is 12.8 Å². The van der Waals surface area contributed by atoms with Gasteiger partial charge < -0.3 is 10.6 Å². The van der Waals surface area contributed by atoms with Crippen LogP contribution in [0.5, 0.6) is 0 Å². The van der Waals surface area contributed by atoms with E-state index in [1.54, 1.807) is 6.33 Å². The fourth-order valence-corrected chi connectivity index (χ4v) is 1.80. The Morgan fingerprint density at radius 1 is 1.18 bits per heavy atom. The van der Waals surface area contributed by atoms with E-state index in [0.717, 1.165) is 37.4 Å². The largest absolute Gasteiger partial charge is 0.355 e. The summed E-state index contributed by atoms with van der Waals surface area (Å²) in [5, 5.41) is 0. The quantitative estimate of drug-likeness (QED) is 0.750. The van der Waals surface area contributed by atoms with Gasteiger partial charge in [0, 0.05) is 31.4 Å². The second-order valence-electron chi connectivity index (χ2n) is 4.25. The molecule has 0 aromatic carbocycles. The molecule has 96 valence electrons. The predicted molar refractivity (Wildman–Crippen MR) is 72.2 cm³/mol. The third-order valence-electron chi connectivity index (χ3n) is 2.72. The first kappa shape index (κ1) is 13.9. The second kappa shape index (κ2) is 8.01. The summed E-state index contributed by atoms with van der Waals surface area (Å²) in [7, 11) is 0. The Balaban J connectivity index is 2.73. The molecule has 0 saturated heterocycles. The summed E-state index contributed by atoms with van der Waals surface area (Å²) in [5.41, 5.74) is 6.77. The van der Waals surface area contributed by atoms with Crippen molar-refractivity contribution in [1.82, 2.24) is 9.97 Å². The van der Waals surface area contributed by atoms with Crippen LogP contribution in [0, 0.1) is 0 Å². The van der Waals surface area contributed by atoms with Crippen molar-refractivity contribution in [3.05, 3.63) is 18.1 Å².